The van der Waals surface area contributed by atoms with Gasteiger partial charge in [0.25, 0.3) is 0 Å². The molecule has 1 aromatic carbocycles. The summed E-state index contributed by atoms with van der Waals surface area (Å²) in [6.07, 6.45) is 1.22. The third-order valence-electron chi connectivity index (χ3n) is 2.30. The van der Waals surface area contributed by atoms with Crippen LogP contribution in [-0.4, -0.2) is 4.98 Å². The quantitative estimate of drug-likeness (QED) is 0.686. The standard InChI is InChI=1S/C12H8ClF2N/c1-7-2-3-9(14)5-10(7)11-4-8(13)6-16-12(11)15/h2-6H,1H3. The highest BCUT2D eigenvalue weighted by molar-refractivity contribution is 6.30. The summed E-state index contributed by atoms with van der Waals surface area (Å²) in [6.45, 7) is 1.77. The van der Waals surface area contributed by atoms with Gasteiger partial charge in [0.15, 0.2) is 0 Å². The lowest BCUT2D eigenvalue weighted by atomic mass is 10.0. The first-order valence-corrected chi connectivity index (χ1v) is 5.03. The van der Waals surface area contributed by atoms with Gasteiger partial charge in [0.1, 0.15) is 5.82 Å². The van der Waals surface area contributed by atoms with Gasteiger partial charge < -0.3 is 0 Å². The van der Waals surface area contributed by atoms with Crippen molar-refractivity contribution in [2.75, 3.05) is 0 Å². The Hall–Kier alpha value is -1.48. The third-order valence-corrected chi connectivity index (χ3v) is 2.50. The minimum absolute atomic E-state index is 0.213. The molecule has 2 aromatic rings. The highest BCUT2D eigenvalue weighted by Crippen LogP contribution is 2.27. The van der Waals surface area contributed by atoms with E-state index in [4.69, 9.17) is 11.6 Å². The van der Waals surface area contributed by atoms with E-state index in [1.54, 1.807) is 13.0 Å². The fourth-order valence-corrected chi connectivity index (χ4v) is 1.65. The van der Waals surface area contributed by atoms with Crippen LogP contribution in [0, 0.1) is 18.7 Å². The van der Waals surface area contributed by atoms with E-state index in [2.05, 4.69) is 4.98 Å². The maximum Gasteiger partial charge on any atom is 0.220 e. The van der Waals surface area contributed by atoms with Crippen molar-refractivity contribution in [1.82, 2.24) is 4.98 Å². The molecule has 0 unspecified atom stereocenters. The molecule has 0 spiro atoms. The molecule has 0 fully saturated rings. The van der Waals surface area contributed by atoms with E-state index in [0.717, 1.165) is 5.56 Å². The molecule has 0 saturated heterocycles. The SMILES string of the molecule is Cc1ccc(F)cc1-c1cc(Cl)cnc1F. The topological polar surface area (TPSA) is 12.9 Å². The Kier molecular flexibility index (Phi) is 2.88. The molecule has 0 amide bonds. The molecule has 1 aromatic heterocycles. The van der Waals surface area contributed by atoms with Gasteiger partial charge in [-0.2, -0.15) is 4.39 Å². The predicted octanol–water partition coefficient (Wildman–Crippen LogP) is 3.99. The number of aromatic nitrogens is 1. The van der Waals surface area contributed by atoms with E-state index in [-0.39, 0.29) is 5.56 Å². The zero-order valence-electron chi connectivity index (χ0n) is 8.47. The lowest BCUT2D eigenvalue weighted by Gasteiger charge is -2.07. The maximum atomic E-state index is 13.5. The summed E-state index contributed by atoms with van der Waals surface area (Å²) in [7, 11) is 0. The summed E-state index contributed by atoms with van der Waals surface area (Å²) in [5.74, 6) is -1.07. The zero-order chi connectivity index (χ0) is 11.7. The third kappa shape index (κ3) is 2.04. The van der Waals surface area contributed by atoms with Gasteiger partial charge in [0, 0.05) is 11.8 Å². The molecule has 2 rings (SSSR count). The van der Waals surface area contributed by atoms with Crippen LogP contribution in [0.2, 0.25) is 5.02 Å². The fourth-order valence-electron chi connectivity index (χ4n) is 1.50. The second-order valence-corrected chi connectivity index (χ2v) is 3.89. The molecule has 0 saturated carbocycles. The molecule has 0 N–H and O–H groups in total. The largest absolute Gasteiger partial charge is 0.226 e. The van der Waals surface area contributed by atoms with Crippen LogP contribution in [0.1, 0.15) is 5.56 Å². The number of halogens is 3. The molecule has 1 heterocycles. The second kappa shape index (κ2) is 4.18. The molecule has 0 bridgehead atoms. The Labute approximate surface area is 96.7 Å². The Balaban J connectivity index is 2.66. The van der Waals surface area contributed by atoms with Crippen molar-refractivity contribution in [1.29, 1.82) is 0 Å². The molecule has 82 valence electrons. The van der Waals surface area contributed by atoms with Gasteiger partial charge in [0.05, 0.1) is 5.02 Å². The van der Waals surface area contributed by atoms with Gasteiger partial charge in [0.2, 0.25) is 5.95 Å². The summed E-state index contributed by atoms with van der Waals surface area (Å²) in [4.78, 5) is 3.50. The molecule has 0 atom stereocenters. The number of pyridine rings is 1. The van der Waals surface area contributed by atoms with E-state index in [1.165, 1.54) is 24.4 Å². The summed E-state index contributed by atoms with van der Waals surface area (Å²) in [5, 5.41) is 0.320. The minimum atomic E-state index is -0.655. The van der Waals surface area contributed by atoms with Gasteiger partial charge in [-0.3, -0.25) is 0 Å². The molecule has 0 radical (unpaired) electrons. The van der Waals surface area contributed by atoms with Gasteiger partial charge in [-0.1, -0.05) is 17.7 Å². The number of rotatable bonds is 1. The molecule has 0 aliphatic rings. The van der Waals surface area contributed by atoms with Gasteiger partial charge in [-0.15, -0.1) is 0 Å². The van der Waals surface area contributed by atoms with Crippen LogP contribution < -0.4 is 0 Å². The molecule has 16 heavy (non-hydrogen) atoms. The summed E-state index contributed by atoms with van der Waals surface area (Å²) in [5.41, 5.74) is 1.45. The van der Waals surface area contributed by atoms with Crippen molar-refractivity contribution >= 4 is 11.6 Å². The van der Waals surface area contributed by atoms with Gasteiger partial charge in [-0.05, 0) is 36.2 Å². The second-order valence-electron chi connectivity index (χ2n) is 3.45. The summed E-state index contributed by atoms with van der Waals surface area (Å²) < 4.78 is 26.6. The highest BCUT2D eigenvalue weighted by Gasteiger charge is 2.10. The van der Waals surface area contributed by atoms with Crippen LogP contribution in [0.3, 0.4) is 0 Å². The Morgan fingerprint density at radius 3 is 2.62 bits per heavy atom. The Morgan fingerprint density at radius 2 is 1.88 bits per heavy atom. The van der Waals surface area contributed by atoms with Crippen molar-refractivity contribution in [2.24, 2.45) is 0 Å². The smallest absolute Gasteiger partial charge is 0.220 e. The first-order valence-electron chi connectivity index (χ1n) is 4.65. The van der Waals surface area contributed by atoms with Crippen LogP contribution in [0.25, 0.3) is 11.1 Å². The van der Waals surface area contributed by atoms with E-state index < -0.39 is 11.8 Å². The van der Waals surface area contributed by atoms with Crippen LogP contribution >= 0.6 is 11.6 Å². The zero-order valence-corrected chi connectivity index (χ0v) is 9.22. The van der Waals surface area contributed by atoms with Crippen LogP contribution in [0.4, 0.5) is 8.78 Å². The molecular weight excluding hydrogens is 232 g/mol. The van der Waals surface area contributed by atoms with Gasteiger partial charge in [-0.25, -0.2) is 9.37 Å². The lowest BCUT2D eigenvalue weighted by Crippen LogP contribution is -1.92. The molecule has 1 nitrogen and oxygen atoms in total. The van der Waals surface area contributed by atoms with E-state index in [9.17, 15) is 8.78 Å². The first-order chi connectivity index (χ1) is 7.58. The van der Waals surface area contributed by atoms with E-state index in [0.29, 0.717) is 10.6 Å². The number of hydrogen-bond donors (Lipinski definition) is 0. The van der Waals surface area contributed by atoms with Crippen molar-refractivity contribution in [3.63, 3.8) is 0 Å². The van der Waals surface area contributed by atoms with E-state index in [1.807, 2.05) is 0 Å². The number of aryl methyl sites for hydroxylation is 1. The number of hydrogen-bond acceptors (Lipinski definition) is 1. The Morgan fingerprint density at radius 1 is 1.12 bits per heavy atom. The monoisotopic (exact) mass is 239 g/mol. The first kappa shape index (κ1) is 11.0. The average Bonchev–Trinajstić information content (AvgIpc) is 2.25. The maximum absolute atomic E-state index is 13.5. The predicted molar refractivity (Wildman–Crippen MR) is 59.3 cm³/mol. The van der Waals surface area contributed by atoms with Crippen molar-refractivity contribution in [3.8, 4) is 11.1 Å². The normalized spacial score (nSPS) is 10.5. The fraction of sp³-hybridized carbons (Fsp3) is 0.0833. The van der Waals surface area contributed by atoms with Crippen LogP contribution in [0.5, 0.6) is 0 Å². The number of benzene rings is 1. The van der Waals surface area contributed by atoms with Crippen LogP contribution in [-0.2, 0) is 0 Å². The summed E-state index contributed by atoms with van der Waals surface area (Å²) >= 11 is 5.74. The van der Waals surface area contributed by atoms with Gasteiger partial charge >= 0.3 is 0 Å². The minimum Gasteiger partial charge on any atom is -0.226 e. The van der Waals surface area contributed by atoms with Crippen molar-refractivity contribution < 1.29 is 8.78 Å². The van der Waals surface area contributed by atoms with Crippen molar-refractivity contribution in [3.05, 3.63) is 52.8 Å². The molecule has 0 aliphatic carbocycles. The molecule has 0 aliphatic heterocycles. The lowest BCUT2D eigenvalue weighted by molar-refractivity contribution is 0.587. The average molecular weight is 240 g/mol. The Bertz CT molecular complexity index is 491. The summed E-state index contributed by atoms with van der Waals surface area (Å²) in [6, 6.07) is 5.62. The van der Waals surface area contributed by atoms with E-state index >= 15 is 0 Å². The molecule has 4 heteroatoms. The number of nitrogens with zero attached hydrogens (tertiary/aromatic N) is 1. The van der Waals surface area contributed by atoms with Crippen molar-refractivity contribution in [2.45, 2.75) is 6.92 Å². The molecular formula is C12H8ClF2N. The highest BCUT2D eigenvalue weighted by atomic mass is 35.5. The van der Waals surface area contributed by atoms with Crippen LogP contribution in [0.15, 0.2) is 30.5 Å².